The molecule has 17 heavy (non-hydrogen) atoms. The van der Waals surface area contributed by atoms with Crippen molar-refractivity contribution in [1.82, 2.24) is 0 Å². The van der Waals surface area contributed by atoms with E-state index in [2.05, 4.69) is 0 Å². The Morgan fingerprint density at radius 1 is 1.47 bits per heavy atom. The zero-order valence-corrected chi connectivity index (χ0v) is 9.77. The Morgan fingerprint density at radius 3 is 2.71 bits per heavy atom. The van der Waals surface area contributed by atoms with Gasteiger partial charge in [-0.3, -0.25) is 0 Å². The third-order valence-corrected chi connectivity index (χ3v) is 2.16. The first kappa shape index (κ1) is 13.3. The average molecular weight is 242 g/mol. The highest BCUT2D eigenvalue weighted by atomic mass is 19.1. The van der Waals surface area contributed by atoms with Crippen LogP contribution in [0.25, 0.3) is 0 Å². The van der Waals surface area contributed by atoms with E-state index >= 15 is 0 Å². The van der Waals surface area contributed by atoms with E-state index in [1.807, 2.05) is 6.92 Å². The van der Waals surface area contributed by atoms with Crippen LogP contribution >= 0.6 is 0 Å². The molecule has 0 amide bonds. The largest absolute Gasteiger partial charge is 0.493 e. The van der Waals surface area contributed by atoms with Gasteiger partial charge in [0.2, 0.25) is 6.17 Å². The predicted octanol–water partition coefficient (Wildman–Crippen LogP) is 2.58. The molecule has 0 radical (unpaired) electrons. The number of rotatable bonds is 6. The summed E-state index contributed by atoms with van der Waals surface area (Å²) in [6.07, 6.45) is -1.21. The van der Waals surface area contributed by atoms with Crippen LogP contribution < -0.4 is 9.47 Å². The zero-order valence-electron chi connectivity index (χ0n) is 9.77. The van der Waals surface area contributed by atoms with Crippen molar-refractivity contribution in [3.8, 4) is 11.5 Å². The normalized spacial score (nSPS) is 11.9. The minimum absolute atomic E-state index is 0.0400. The fraction of sp³-hybridized carbons (Fsp3) is 0.417. The monoisotopic (exact) mass is 242 g/mol. The second-order valence-electron chi connectivity index (χ2n) is 3.46. The van der Waals surface area contributed by atoms with Crippen LogP contribution in [-0.4, -0.2) is 24.8 Å². The van der Waals surface area contributed by atoms with Gasteiger partial charge in [0.15, 0.2) is 11.5 Å². The molecule has 1 rings (SSSR count). The Hall–Kier alpha value is -1.78. The molecule has 0 aliphatic carbocycles. The van der Waals surface area contributed by atoms with Crippen LogP contribution in [-0.2, 0) is 4.79 Å². The van der Waals surface area contributed by atoms with Gasteiger partial charge in [0.05, 0.1) is 13.7 Å². The minimum Gasteiger partial charge on any atom is -0.493 e. The summed E-state index contributed by atoms with van der Waals surface area (Å²) < 4.78 is 23.7. The second kappa shape index (κ2) is 6.08. The summed E-state index contributed by atoms with van der Waals surface area (Å²) >= 11 is 0. The maximum Gasteiger partial charge on any atom is 0.343 e. The summed E-state index contributed by atoms with van der Waals surface area (Å²) in [6.45, 7) is 2.48. The minimum atomic E-state index is -2.05. The molecule has 1 aromatic rings. The summed E-state index contributed by atoms with van der Waals surface area (Å²) in [6, 6.07) is 4.23. The van der Waals surface area contributed by atoms with E-state index in [1.165, 1.54) is 25.3 Å². The van der Waals surface area contributed by atoms with Gasteiger partial charge in [-0.25, -0.2) is 9.18 Å². The molecule has 0 aliphatic heterocycles. The van der Waals surface area contributed by atoms with Gasteiger partial charge >= 0.3 is 5.97 Å². The summed E-state index contributed by atoms with van der Waals surface area (Å²) in [5.41, 5.74) is 0.0400. The number of carboxylic acid groups (broad SMARTS) is 1. The molecule has 1 aromatic carbocycles. The Morgan fingerprint density at radius 2 is 2.18 bits per heavy atom. The molecule has 0 saturated carbocycles. The molecule has 1 N–H and O–H groups in total. The van der Waals surface area contributed by atoms with Crippen molar-refractivity contribution in [1.29, 1.82) is 0 Å². The number of halogens is 1. The van der Waals surface area contributed by atoms with Crippen LogP contribution in [0.4, 0.5) is 4.39 Å². The number of hydrogen-bond donors (Lipinski definition) is 1. The fourth-order valence-electron chi connectivity index (χ4n) is 1.32. The van der Waals surface area contributed by atoms with E-state index < -0.39 is 12.1 Å². The van der Waals surface area contributed by atoms with Crippen molar-refractivity contribution < 1.29 is 23.8 Å². The van der Waals surface area contributed by atoms with Crippen LogP contribution in [0, 0.1) is 0 Å². The smallest absolute Gasteiger partial charge is 0.343 e. The molecule has 5 heteroatoms. The van der Waals surface area contributed by atoms with E-state index in [9.17, 15) is 9.18 Å². The standard InChI is InChI=1S/C12H15FO4/c1-3-6-17-9-5-4-8(7-10(9)16-2)11(13)12(14)15/h4-5,7,11H,3,6H2,1-2H3,(H,14,15). The van der Waals surface area contributed by atoms with Crippen molar-refractivity contribution in [2.45, 2.75) is 19.5 Å². The predicted molar refractivity (Wildman–Crippen MR) is 60.3 cm³/mol. The molecule has 0 heterocycles. The van der Waals surface area contributed by atoms with Gasteiger partial charge in [0.1, 0.15) is 0 Å². The van der Waals surface area contributed by atoms with Crippen LogP contribution in [0.5, 0.6) is 11.5 Å². The van der Waals surface area contributed by atoms with Crippen LogP contribution in [0.15, 0.2) is 18.2 Å². The van der Waals surface area contributed by atoms with Crippen molar-refractivity contribution >= 4 is 5.97 Å². The highest BCUT2D eigenvalue weighted by Crippen LogP contribution is 2.31. The van der Waals surface area contributed by atoms with E-state index in [-0.39, 0.29) is 5.56 Å². The quantitative estimate of drug-likeness (QED) is 0.833. The van der Waals surface area contributed by atoms with Gasteiger partial charge in [-0.05, 0) is 18.6 Å². The van der Waals surface area contributed by atoms with E-state index in [0.717, 1.165) is 6.42 Å². The van der Waals surface area contributed by atoms with E-state index in [0.29, 0.717) is 18.1 Å². The van der Waals surface area contributed by atoms with Crippen molar-refractivity contribution in [3.63, 3.8) is 0 Å². The lowest BCUT2D eigenvalue weighted by Crippen LogP contribution is -2.06. The second-order valence-corrected chi connectivity index (χ2v) is 3.46. The fourth-order valence-corrected chi connectivity index (χ4v) is 1.32. The van der Waals surface area contributed by atoms with Gasteiger partial charge in [0.25, 0.3) is 0 Å². The van der Waals surface area contributed by atoms with Crippen molar-refractivity contribution in [2.75, 3.05) is 13.7 Å². The molecular weight excluding hydrogens is 227 g/mol. The number of methoxy groups -OCH3 is 1. The lowest BCUT2D eigenvalue weighted by molar-refractivity contribution is -0.143. The number of alkyl halides is 1. The summed E-state index contributed by atoms with van der Waals surface area (Å²) in [5, 5.41) is 8.56. The first-order chi connectivity index (χ1) is 8.10. The maximum absolute atomic E-state index is 13.3. The van der Waals surface area contributed by atoms with Gasteiger partial charge in [-0.2, -0.15) is 0 Å². The molecule has 0 spiro atoms. The zero-order chi connectivity index (χ0) is 12.8. The number of carbonyl (C=O) groups is 1. The lowest BCUT2D eigenvalue weighted by atomic mass is 10.1. The lowest BCUT2D eigenvalue weighted by Gasteiger charge is -2.12. The van der Waals surface area contributed by atoms with Crippen LogP contribution in [0.1, 0.15) is 25.1 Å². The molecule has 0 saturated heterocycles. The molecule has 1 atom stereocenters. The van der Waals surface area contributed by atoms with Gasteiger partial charge in [0, 0.05) is 5.56 Å². The third kappa shape index (κ3) is 3.34. The molecule has 0 aromatic heterocycles. The van der Waals surface area contributed by atoms with Crippen molar-refractivity contribution in [2.24, 2.45) is 0 Å². The first-order valence-corrected chi connectivity index (χ1v) is 5.27. The molecule has 0 fully saturated rings. The Labute approximate surface area is 99.0 Å². The maximum atomic E-state index is 13.3. The van der Waals surface area contributed by atoms with E-state index in [1.54, 1.807) is 0 Å². The SMILES string of the molecule is CCCOc1ccc(C(F)C(=O)O)cc1OC. The van der Waals surface area contributed by atoms with Crippen LogP contribution in [0.3, 0.4) is 0 Å². The van der Waals surface area contributed by atoms with Crippen molar-refractivity contribution in [3.05, 3.63) is 23.8 Å². The molecular formula is C12H15FO4. The van der Waals surface area contributed by atoms with Gasteiger partial charge < -0.3 is 14.6 Å². The topological polar surface area (TPSA) is 55.8 Å². The Kier molecular flexibility index (Phi) is 4.75. The molecule has 0 bridgehead atoms. The Balaban J connectivity index is 2.95. The average Bonchev–Trinajstić information content (AvgIpc) is 2.35. The van der Waals surface area contributed by atoms with Crippen LogP contribution in [0.2, 0.25) is 0 Å². The number of aliphatic carboxylic acids is 1. The number of benzene rings is 1. The molecule has 0 aliphatic rings. The highest BCUT2D eigenvalue weighted by Gasteiger charge is 2.20. The number of carboxylic acids is 1. The van der Waals surface area contributed by atoms with Gasteiger partial charge in [-0.1, -0.05) is 13.0 Å². The summed E-state index contributed by atoms with van der Waals surface area (Å²) in [4.78, 5) is 10.5. The van der Waals surface area contributed by atoms with E-state index in [4.69, 9.17) is 14.6 Å². The highest BCUT2D eigenvalue weighted by molar-refractivity contribution is 5.74. The Bertz CT molecular complexity index is 392. The number of hydrogen-bond acceptors (Lipinski definition) is 3. The summed E-state index contributed by atoms with van der Waals surface area (Å²) in [5.74, 6) is -0.704. The molecule has 94 valence electrons. The number of ether oxygens (including phenoxy) is 2. The third-order valence-electron chi connectivity index (χ3n) is 2.16. The molecule has 4 nitrogen and oxygen atoms in total. The first-order valence-electron chi connectivity index (χ1n) is 5.27. The molecule has 1 unspecified atom stereocenters. The summed E-state index contributed by atoms with van der Waals surface area (Å²) in [7, 11) is 1.42. The van der Waals surface area contributed by atoms with Gasteiger partial charge in [-0.15, -0.1) is 0 Å².